The molecule has 1 amide bonds. The third-order valence-electron chi connectivity index (χ3n) is 3.68. The molecule has 2 aliphatic rings. The summed E-state index contributed by atoms with van der Waals surface area (Å²) >= 11 is 0. The fraction of sp³-hybridized carbons (Fsp3) is 0.923. The Kier molecular flexibility index (Phi) is 4.80. The fourth-order valence-electron chi connectivity index (χ4n) is 2.36. The number of carbonyl (C=O) groups excluding carboxylic acids is 1. The van der Waals surface area contributed by atoms with Crippen LogP contribution in [0.2, 0.25) is 0 Å². The Balaban J connectivity index is 1.55. The van der Waals surface area contributed by atoms with Crippen LogP contribution in [0.4, 0.5) is 0 Å². The number of nitrogens with one attached hydrogen (secondary N) is 2. The third-order valence-corrected chi connectivity index (χ3v) is 3.68. The van der Waals surface area contributed by atoms with Gasteiger partial charge in [-0.2, -0.15) is 0 Å². The Bertz CT molecular complexity index is 253. The van der Waals surface area contributed by atoms with Crippen LogP contribution in [0.3, 0.4) is 0 Å². The van der Waals surface area contributed by atoms with Crippen LogP contribution in [-0.2, 0) is 4.79 Å². The van der Waals surface area contributed by atoms with Gasteiger partial charge in [0.1, 0.15) is 0 Å². The van der Waals surface area contributed by atoms with Crippen molar-refractivity contribution in [2.75, 3.05) is 26.7 Å². The number of amides is 1. The lowest BCUT2D eigenvalue weighted by molar-refractivity contribution is -0.121. The SMILES string of the molecule is CN1CCCC(NCCC(=O)NC2CC2)CC1. The molecule has 0 aromatic heterocycles. The van der Waals surface area contributed by atoms with Gasteiger partial charge in [-0.05, 0) is 52.2 Å². The summed E-state index contributed by atoms with van der Waals surface area (Å²) in [5.74, 6) is 0.214. The van der Waals surface area contributed by atoms with E-state index in [9.17, 15) is 4.79 Å². The highest BCUT2D eigenvalue weighted by molar-refractivity contribution is 5.76. The lowest BCUT2D eigenvalue weighted by Gasteiger charge is -2.16. The zero-order valence-corrected chi connectivity index (χ0v) is 10.9. The third kappa shape index (κ3) is 5.04. The Morgan fingerprint density at radius 2 is 2.00 bits per heavy atom. The van der Waals surface area contributed by atoms with Crippen molar-refractivity contribution in [2.24, 2.45) is 0 Å². The molecule has 4 nitrogen and oxygen atoms in total. The fourth-order valence-corrected chi connectivity index (χ4v) is 2.36. The normalized spacial score (nSPS) is 26.5. The van der Waals surface area contributed by atoms with Crippen molar-refractivity contribution in [1.82, 2.24) is 15.5 Å². The van der Waals surface area contributed by atoms with Gasteiger partial charge in [-0.15, -0.1) is 0 Å². The maximum atomic E-state index is 11.5. The molecule has 0 bridgehead atoms. The second-order valence-corrected chi connectivity index (χ2v) is 5.48. The first-order valence-electron chi connectivity index (χ1n) is 6.95. The molecule has 0 radical (unpaired) electrons. The Hall–Kier alpha value is -0.610. The van der Waals surface area contributed by atoms with Crippen LogP contribution < -0.4 is 10.6 Å². The quantitative estimate of drug-likeness (QED) is 0.743. The first kappa shape index (κ1) is 12.8. The van der Waals surface area contributed by atoms with Gasteiger partial charge in [-0.3, -0.25) is 4.79 Å². The standard InChI is InChI=1S/C13H25N3O/c1-16-9-2-3-11(7-10-16)14-8-6-13(17)15-12-4-5-12/h11-12,14H,2-10H2,1H3,(H,15,17). The summed E-state index contributed by atoms with van der Waals surface area (Å²) in [4.78, 5) is 13.9. The van der Waals surface area contributed by atoms with E-state index in [0.29, 0.717) is 18.5 Å². The summed E-state index contributed by atoms with van der Waals surface area (Å²) < 4.78 is 0. The van der Waals surface area contributed by atoms with Crippen LogP contribution >= 0.6 is 0 Å². The van der Waals surface area contributed by atoms with Crippen LogP contribution in [0, 0.1) is 0 Å². The molecule has 2 N–H and O–H groups in total. The molecule has 17 heavy (non-hydrogen) atoms. The minimum absolute atomic E-state index is 0.214. The van der Waals surface area contributed by atoms with Crippen molar-refractivity contribution in [3.05, 3.63) is 0 Å². The molecule has 0 aromatic rings. The largest absolute Gasteiger partial charge is 0.353 e. The summed E-state index contributed by atoms with van der Waals surface area (Å²) in [6.45, 7) is 3.21. The summed E-state index contributed by atoms with van der Waals surface area (Å²) in [7, 11) is 2.19. The second kappa shape index (κ2) is 6.36. The van der Waals surface area contributed by atoms with Crippen LogP contribution in [-0.4, -0.2) is 49.6 Å². The number of hydrogen-bond donors (Lipinski definition) is 2. The van der Waals surface area contributed by atoms with E-state index in [4.69, 9.17) is 0 Å². The van der Waals surface area contributed by atoms with E-state index < -0.39 is 0 Å². The highest BCUT2D eigenvalue weighted by Crippen LogP contribution is 2.18. The van der Waals surface area contributed by atoms with E-state index in [1.54, 1.807) is 0 Å². The van der Waals surface area contributed by atoms with Gasteiger partial charge in [0.2, 0.25) is 5.91 Å². The van der Waals surface area contributed by atoms with Gasteiger partial charge in [0, 0.05) is 25.0 Å². The van der Waals surface area contributed by atoms with Gasteiger partial charge in [-0.1, -0.05) is 0 Å². The molecule has 1 aliphatic heterocycles. The first-order chi connectivity index (χ1) is 8.24. The number of rotatable bonds is 5. The molecule has 1 heterocycles. The molecule has 1 unspecified atom stereocenters. The molecule has 1 saturated carbocycles. The van der Waals surface area contributed by atoms with Crippen molar-refractivity contribution < 1.29 is 4.79 Å². The number of nitrogens with zero attached hydrogens (tertiary/aromatic N) is 1. The van der Waals surface area contributed by atoms with E-state index in [-0.39, 0.29) is 5.91 Å². The molecular weight excluding hydrogens is 214 g/mol. The average molecular weight is 239 g/mol. The van der Waals surface area contributed by atoms with Crippen molar-refractivity contribution >= 4 is 5.91 Å². The molecular formula is C13H25N3O. The van der Waals surface area contributed by atoms with Crippen LogP contribution in [0.15, 0.2) is 0 Å². The summed E-state index contributed by atoms with van der Waals surface area (Å²) in [5, 5.41) is 6.54. The Morgan fingerprint density at radius 3 is 2.76 bits per heavy atom. The molecule has 1 atom stereocenters. The second-order valence-electron chi connectivity index (χ2n) is 5.48. The van der Waals surface area contributed by atoms with Crippen molar-refractivity contribution in [3.63, 3.8) is 0 Å². The van der Waals surface area contributed by atoms with E-state index in [2.05, 4.69) is 22.6 Å². The maximum absolute atomic E-state index is 11.5. The highest BCUT2D eigenvalue weighted by Gasteiger charge is 2.23. The van der Waals surface area contributed by atoms with Crippen molar-refractivity contribution in [2.45, 2.75) is 50.6 Å². The number of carbonyl (C=O) groups is 1. The van der Waals surface area contributed by atoms with Gasteiger partial charge < -0.3 is 15.5 Å². The van der Waals surface area contributed by atoms with Gasteiger partial charge in [0.05, 0.1) is 0 Å². The lowest BCUT2D eigenvalue weighted by Crippen LogP contribution is -2.34. The van der Waals surface area contributed by atoms with E-state index in [1.807, 2.05) is 0 Å². The Labute approximate surface area is 104 Å². The predicted octanol–water partition coefficient (Wildman–Crippen LogP) is 0.729. The minimum atomic E-state index is 0.214. The lowest BCUT2D eigenvalue weighted by atomic mass is 10.1. The van der Waals surface area contributed by atoms with Crippen molar-refractivity contribution in [1.29, 1.82) is 0 Å². The smallest absolute Gasteiger partial charge is 0.221 e. The van der Waals surface area contributed by atoms with Gasteiger partial charge in [-0.25, -0.2) is 0 Å². The summed E-state index contributed by atoms with van der Waals surface area (Å²) in [5.41, 5.74) is 0. The molecule has 2 rings (SSSR count). The molecule has 4 heteroatoms. The number of hydrogen-bond acceptors (Lipinski definition) is 3. The molecule has 1 aliphatic carbocycles. The summed E-state index contributed by atoms with van der Waals surface area (Å²) in [6, 6.07) is 1.10. The van der Waals surface area contributed by atoms with Crippen LogP contribution in [0.1, 0.15) is 38.5 Å². The molecule has 2 fully saturated rings. The minimum Gasteiger partial charge on any atom is -0.353 e. The zero-order chi connectivity index (χ0) is 12.1. The van der Waals surface area contributed by atoms with Crippen molar-refractivity contribution in [3.8, 4) is 0 Å². The van der Waals surface area contributed by atoms with E-state index in [0.717, 1.165) is 6.54 Å². The molecule has 98 valence electrons. The van der Waals surface area contributed by atoms with Gasteiger partial charge in [0.25, 0.3) is 0 Å². The maximum Gasteiger partial charge on any atom is 0.221 e. The predicted molar refractivity (Wildman–Crippen MR) is 68.9 cm³/mol. The topological polar surface area (TPSA) is 44.4 Å². The van der Waals surface area contributed by atoms with E-state index >= 15 is 0 Å². The average Bonchev–Trinajstić information content (AvgIpc) is 3.09. The monoisotopic (exact) mass is 239 g/mol. The van der Waals surface area contributed by atoms with Crippen LogP contribution in [0.5, 0.6) is 0 Å². The zero-order valence-electron chi connectivity index (χ0n) is 10.9. The van der Waals surface area contributed by atoms with Crippen LogP contribution in [0.25, 0.3) is 0 Å². The van der Waals surface area contributed by atoms with Gasteiger partial charge in [0.15, 0.2) is 0 Å². The van der Waals surface area contributed by atoms with Gasteiger partial charge >= 0.3 is 0 Å². The van der Waals surface area contributed by atoms with E-state index in [1.165, 1.54) is 45.2 Å². The number of likely N-dealkylation sites (tertiary alicyclic amines) is 1. The molecule has 0 spiro atoms. The first-order valence-corrected chi connectivity index (χ1v) is 6.95. The molecule has 0 aromatic carbocycles. The summed E-state index contributed by atoms with van der Waals surface area (Å²) in [6.07, 6.45) is 6.70. The highest BCUT2D eigenvalue weighted by atomic mass is 16.1. The molecule has 1 saturated heterocycles. The Morgan fingerprint density at radius 1 is 1.18 bits per heavy atom.